The first-order valence-corrected chi connectivity index (χ1v) is 13.1. The summed E-state index contributed by atoms with van der Waals surface area (Å²) in [6.07, 6.45) is 4.50. The molecule has 2 rings (SSSR count). The first-order chi connectivity index (χ1) is 15.9. The van der Waals surface area contributed by atoms with E-state index in [-0.39, 0.29) is 10.8 Å². The highest BCUT2D eigenvalue weighted by Crippen LogP contribution is 2.24. The average Bonchev–Trinajstić information content (AvgIpc) is 2.75. The van der Waals surface area contributed by atoms with Gasteiger partial charge in [0.25, 0.3) is 0 Å². The van der Waals surface area contributed by atoms with Crippen molar-refractivity contribution in [3.05, 3.63) is 59.7 Å². The molecule has 6 heteroatoms. The molecule has 0 aliphatic carbocycles. The Kier molecular flexibility index (Phi) is 10.8. The number of nitrogens with one attached hydrogen (secondary N) is 4. The lowest BCUT2D eigenvalue weighted by atomic mass is 9.87. The van der Waals surface area contributed by atoms with Gasteiger partial charge in [-0.15, -0.1) is 0 Å². The molecule has 0 unspecified atom stereocenters. The SMILES string of the molecule is CC(C)(C)c1ccc(NC(=S)NCCCCCCNC(=S)Nc2ccc(C(C)(C)C)cc2)cc1. The Balaban J connectivity index is 1.52. The zero-order valence-electron chi connectivity index (χ0n) is 21.7. The van der Waals surface area contributed by atoms with E-state index in [4.69, 9.17) is 24.4 Å². The van der Waals surface area contributed by atoms with Crippen LogP contribution in [0, 0.1) is 0 Å². The molecule has 0 heterocycles. The lowest BCUT2D eigenvalue weighted by Crippen LogP contribution is -2.29. The van der Waals surface area contributed by atoms with Crippen molar-refractivity contribution in [1.29, 1.82) is 0 Å². The van der Waals surface area contributed by atoms with E-state index >= 15 is 0 Å². The Morgan fingerprint density at radius 2 is 0.882 bits per heavy atom. The van der Waals surface area contributed by atoms with Crippen LogP contribution in [0.15, 0.2) is 48.5 Å². The molecule has 0 aromatic heterocycles. The highest BCUT2D eigenvalue weighted by atomic mass is 32.1. The molecule has 34 heavy (non-hydrogen) atoms. The summed E-state index contributed by atoms with van der Waals surface area (Å²) in [5, 5.41) is 14.5. The predicted octanol–water partition coefficient (Wildman–Crippen LogP) is 7.12. The summed E-state index contributed by atoms with van der Waals surface area (Å²) in [5.74, 6) is 0. The van der Waals surface area contributed by atoms with Crippen LogP contribution in [-0.4, -0.2) is 23.3 Å². The van der Waals surface area contributed by atoms with Crippen molar-refractivity contribution in [2.75, 3.05) is 23.7 Å². The number of hydrogen-bond acceptors (Lipinski definition) is 2. The molecule has 186 valence electrons. The summed E-state index contributed by atoms with van der Waals surface area (Å²) >= 11 is 10.8. The fourth-order valence-corrected chi connectivity index (χ4v) is 3.90. The van der Waals surface area contributed by atoms with Gasteiger partial charge in [0.05, 0.1) is 0 Å². The molecule has 0 bridgehead atoms. The topological polar surface area (TPSA) is 48.1 Å². The standard InChI is InChI=1S/C28H42N4S2/c1-27(2,3)21-11-15-23(16-12-21)31-25(33)29-19-9-7-8-10-20-30-26(34)32-24-17-13-22(14-18-24)28(4,5)6/h11-18H,7-10,19-20H2,1-6H3,(H2,29,31,33)(H2,30,32,34). The van der Waals surface area contributed by atoms with Crippen molar-refractivity contribution in [3.8, 4) is 0 Å². The Labute approximate surface area is 217 Å². The van der Waals surface area contributed by atoms with Crippen LogP contribution in [0.1, 0.15) is 78.4 Å². The quantitative estimate of drug-likeness (QED) is 0.218. The van der Waals surface area contributed by atoms with Gasteiger partial charge in [-0.25, -0.2) is 0 Å². The Hall–Kier alpha value is -2.18. The van der Waals surface area contributed by atoms with E-state index in [1.54, 1.807) is 0 Å². The lowest BCUT2D eigenvalue weighted by Gasteiger charge is -2.19. The fraction of sp³-hybridized carbons (Fsp3) is 0.500. The minimum atomic E-state index is 0.159. The second-order valence-corrected chi connectivity index (χ2v) is 11.6. The summed E-state index contributed by atoms with van der Waals surface area (Å²) in [6, 6.07) is 17.0. The Morgan fingerprint density at radius 3 is 1.18 bits per heavy atom. The van der Waals surface area contributed by atoms with E-state index < -0.39 is 0 Å². The monoisotopic (exact) mass is 498 g/mol. The van der Waals surface area contributed by atoms with Gasteiger partial charge in [-0.3, -0.25) is 0 Å². The summed E-state index contributed by atoms with van der Waals surface area (Å²) in [7, 11) is 0. The van der Waals surface area contributed by atoms with E-state index in [1.807, 2.05) is 0 Å². The zero-order chi connectivity index (χ0) is 25.2. The van der Waals surface area contributed by atoms with Gasteiger partial charge < -0.3 is 21.3 Å². The minimum absolute atomic E-state index is 0.159. The van der Waals surface area contributed by atoms with Crippen LogP contribution in [0.3, 0.4) is 0 Å². The van der Waals surface area contributed by atoms with Crippen molar-refractivity contribution in [3.63, 3.8) is 0 Å². The molecule has 0 spiro atoms. The largest absolute Gasteiger partial charge is 0.362 e. The van der Waals surface area contributed by atoms with Gasteiger partial charge in [-0.2, -0.15) is 0 Å². The molecule has 0 atom stereocenters. The van der Waals surface area contributed by atoms with Crippen LogP contribution in [0.25, 0.3) is 0 Å². The normalized spacial score (nSPS) is 11.6. The predicted molar refractivity (Wildman–Crippen MR) is 157 cm³/mol. The molecule has 0 radical (unpaired) electrons. The van der Waals surface area contributed by atoms with Gasteiger partial charge in [0.1, 0.15) is 0 Å². The molecule has 4 N–H and O–H groups in total. The van der Waals surface area contributed by atoms with Crippen LogP contribution in [-0.2, 0) is 10.8 Å². The molecule has 0 fully saturated rings. The number of benzene rings is 2. The maximum atomic E-state index is 5.42. The molecular formula is C28H42N4S2. The number of hydrogen-bond donors (Lipinski definition) is 4. The van der Waals surface area contributed by atoms with Crippen molar-refractivity contribution in [2.24, 2.45) is 0 Å². The fourth-order valence-electron chi connectivity index (χ4n) is 3.47. The summed E-state index contributed by atoms with van der Waals surface area (Å²) in [5.41, 5.74) is 4.99. The average molecular weight is 499 g/mol. The van der Waals surface area contributed by atoms with Gasteiger partial charge >= 0.3 is 0 Å². The third-order valence-corrected chi connectivity index (χ3v) is 6.19. The second kappa shape index (κ2) is 13.1. The van der Waals surface area contributed by atoms with Crippen LogP contribution < -0.4 is 21.3 Å². The van der Waals surface area contributed by atoms with E-state index in [2.05, 4.69) is 111 Å². The van der Waals surface area contributed by atoms with Gasteiger partial charge in [-0.05, 0) is 83.5 Å². The Bertz CT molecular complexity index is 830. The summed E-state index contributed by atoms with van der Waals surface area (Å²) in [6.45, 7) is 15.1. The molecule has 0 aliphatic heterocycles. The third kappa shape index (κ3) is 10.4. The lowest BCUT2D eigenvalue weighted by molar-refractivity contribution is 0.590. The van der Waals surface area contributed by atoms with Crippen LogP contribution in [0.2, 0.25) is 0 Å². The van der Waals surface area contributed by atoms with E-state index in [9.17, 15) is 0 Å². The van der Waals surface area contributed by atoms with E-state index in [0.717, 1.165) is 50.1 Å². The molecule has 0 amide bonds. The second-order valence-electron chi connectivity index (χ2n) is 10.8. The molecule has 4 nitrogen and oxygen atoms in total. The first kappa shape index (κ1) is 28.1. The van der Waals surface area contributed by atoms with Crippen molar-refractivity contribution in [1.82, 2.24) is 10.6 Å². The number of unbranched alkanes of at least 4 members (excludes halogenated alkanes) is 3. The summed E-state index contributed by atoms with van der Waals surface area (Å²) < 4.78 is 0. The van der Waals surface area contributed by atoms with Gasteiger partial charge in [0.15, 0.2) is 10.2 Å². The molecule has 2 aromatic rings. The molecule has 0 saturated carbocycles. The van der Waals surface area contributed by atoms with E-state index in [1.165, 1.54) is 11.1 Å². The zero-order valence-corrected chi connectivity index (χ0v) is 23.3. The van der Waals surface area contributed by atoms with Gasteiger partial charge in [0, 0.05) is 24.5 Å². The maximum Gasteiger partial charge on any atom is 0.170 e. The molecule has 0 saturated heterocycles. The van der Waals surface area contributed by atoms with Crippen LogP contribution in [0.5, 0.6) is 0 Å². The molecule has 2 aromatic carbocycles. The van der Waals surface area contributed by atoms with Gasteiger partial charge in [-0.1, -0.05) is 78.6 Å². The van der Waals surface area contributed by atoms with Crippen molar-refractivity contribution >= 4 is 46.0 Å². The van der Waals surface area contributed by atoms with Crippen molar-refractivity contribution in [2.45, 2.75) is 78.1 Å². The maximum absolute atomic E-state index is 5.42. The highest BCUT2D eigenvalue weighted by molar-refractivity contribution is 7.80. The number of rotatable bonds is 9. The van der Waals surface area contributed by atoms with Gasteiger partial charge in [0.2, 0.25) is 0 Å². The first-order valence-electron chi connectivity index (χ1n) is 12.3. The van der Waals surface area contributed by atoms with Crippen molar-refractivity contribution < 1.29 is 0 Å². The van der Waals surface area contributed by atoms with Crippen LogP contribution in [0.4, 0.5) is 11.4 Å². The number of anilines is 2. The van der Waals surface area contributed by atoms with Crippen LogP contribution >= 0.6 is 24.4 Å². The number of thiocarbonyl (C=S) groups is 2. The highest BCUT2D eigenvalue weighted by Gasteiger charge is 2.13. The summed E-state index contributed by atoms with van der Waals surface area (Å²) in [4.78, 5) is 0. The molecular weight excluding hydrogens is 456 g/mol. The smallest absolute Gasteiger partial charge is 0.170 e. The minimum Gasteiger partial charge on any atom is -0.362 e. The Morgan fingerprint density at radius 1 is 0.559 bits per heavy atom. The van der Waals surface area contributed by atoms with E-state index in [0.29, 0.717) is 10.2 Å². The molecule has 0 aliphatic rings. The third-order valence-electron chi connectivity index (χ3n) is 5.69.